The molecule has 40 heavy (non-hydrogen) atoms. The summed E-state index contributed by atoms with van der Waals surface area (Å²) in [5.41, 5.74) is 9.00. The number of aliphatic imine (C=N–C) groups is 1. The maximum absolute atomic E-state index is 5.92. The molecule has 204 valence electrons. The molecule has 0 spiro atoms. The topological polar surface area (TPSA) is 34.1 Å². The Morgan fingerprint density at radius 1 is 0.800 bits per heavy atom. The Kier molecular flexibility index (Phi) is 8.10. The smallest absolute Gasteiger partial charge is 0.174 e. The molecule has 0 unspecified atom stereocenters. The molecule has 0 saturated heterocycles. The van der Waals surface area contributed by atoms with E-state index in [0.29, 0.717) is 25.0 Å². The van der Waals surface area contributed by atoms with E-state index in [0.717, 1.165) is 52.3 Å². The first-order valence-electron chi connectivity index (χ1n) is 14.3. The molecule has 4 aromatic carbocycles. The van der Waals surface area contributed by atoms with E-state index >= 15 is 0 Å². The zero-order valence-corrected chi connectivity index (χ0v) is 25.3. The minimum Gasteiger partial charge on any atom is -0.490 e. The Morgan fingerprint density at radius 2 is 1.38 bits per heavy atom. The molecule has 0 bridgehead atoms. The number of hydrogen-bond donors (Lipinski definition) is 0. The average molecular weight is 643 g/mol. The summed E-state index contributed by atoms with van der Waals surface area (Å²) in [6, 6.07) is 30.8. The molecular formula is C35H35IN2O2. The summed E-state index contributed by atoms with van der Waals surface area (Å²) in [6.07, 6.45) is 4.20. The van der Waals surface area contributed by atoms with Gasteiger partial charge in [0.2, 0.25) is 0 Å². The Morgan fingerprint density at radius 3 is 1.93 bits per heavy atom. The van der Waals surface area contributed by atoms with Crippen molar-refractivity contribution in [1.82, 2.24) is 0 Å². The molecule has 2 atom stereocenters. The van der Waals surface area contributed by atoms with E-state index in [9.17, 15) is 0 Å². The maximum Gasteiger partial charge on any atom is 0.174 e. The first-order valence-corrected chi connectivity index (χ1v) is 15.4. The van der Waals surface area contributed by atoms with Crippen molar-refractivity contribution < 1.29 is 9.47 Å². The SMILES string of the molecule is CCOc1cc(C=Nc2cc3c4c(c2)[C@@H](c2ccccc2)CCN4CC[C@@H]3c2ccccc2)cc(I)c1OCC. The van der Waals surface area contributed by atoms with Crippen LogP contribution in [0.5, 0.6) is 11.5 Å². The molecule has 4 nitrogen and oxygen atoms in total. The van der Waals surface area contributed by atoms with Gasteiger partial charge in [0.05, 0.1) is 22.5 Å². The van der Waals surface area contributed by atoms with Gasteiger partial charge >= 0.3 is 0 Å². The molecule has 0 N–H and O–H groups in total. The third-order valence-electron chi connectivity index (χ3n) is 7.98. The molecule has 0 saturated carbocycles. The second-order valence-corrected chi connectivity index (χ2v) is 11.6. The zero-order valence-electron chi connectivity index (χ0n) is 23.1. The molecule has 0 aliphatic carbocycles. The fourth-order valence-corrected chi connectivity index (χ4v) is 7.05. The number of halogens is 1. The van der Waals surface area contributed by atoms with Crippen molar-refractivity contribution in [2.24, 2.45) is 4.99 Å². The van der Waals surface area contributed by atoms with Crippen LogP contribution in [0, 0.1) is 3.57 Å². The van der Waals surface area contributed by atoms with Crippen LogP contribution in [0.1, 0.15) is 66.3 Å². The largest absolute Gasteiger partial charge is 0.490 e. The second-order valence-electron chi connectivity index (χ2n) is 10.4. The monoisotopic (exact) mass is 642 g/mol. The normalized spacial score (nSPS) is 18.0. The fraction of sp³-hybridized carbons (Fsp3) is 0.286. The molecule has 0 fully saturated rings. The molecule has 5 heteroatoms. The van der Waals surface area contributed by atoms with Gasteiger partial charge in [-0.05, 0) is 101 Å². The number of nitrogens with zero attached hydrogens (tertiary/aromatic N) is 2. The van der Waals surface area contributed by atoms with Crippen molar-refractivity contribution in [3.63, 3.8) is 0 Å². The van der Waals surface area contributed by atoms with Gasteiger partial charge in [-0.15, -0.1) is 0 Å². The van der Waals surface area contributed by atoms with Gasteiger partial charge in [0.25, 0.3) is 0 Å². The zero-order chi connectivity index (χ0) is 27.5. The van der Waals surface area contributed by atoms with E-state index < -0.39 is 0 Å². The van der Waals surface area contributed by atoms with Gasteiger partial charge in [0, 0.05) is 36.8 Å². The van der Waals surface area contributed by atoms with E-state index in [-0.39, 0.29) is 0 Å². The Labute approximate surface area is 251 Å². The van der Waals surface area contributed by atoms with E-state index in [1.165, 1.54) is 27.9 Å². The van der Waals surface area contributed by atoms with Crippen LogP contribution in [0.25, 0.3) is 0 Å². The third-order valence-corrected chi connectivity index (χ3v) is 8.78. The summed E-state index contributed by atoms with van der Waals surface area (Å²) in [7, 11) is 0. The van der Waals surface area contributed by atoms with Crippen molar-refractivity contribution in [2.45, 2.75) is 38.5 Å². The molecular weight excluding hydrogens is 607 g/mol. The van der Waals surface area contributed by atoms with Gasteiger partial charge in [0.1, 0.15) is 0 Å². The third kappa shape index (κ3) is 5.36. The summed E-state index contributed by atoms with van der Waals surface area (Å²) in [5.74, 6) is 2.30. The molecule has 0 amide bonds. The number of rotatable bonds is 8. The van der Waals surface area contributed by atoms with Gasteiger partial charge in [0.15, 0.2) is 11.5 Å². The highest BCUT2D eigenvalue weighted by Gasteiger charge is 2.35. The van der Waals surface area contributed by atoms with Crippen molar-refractivity contribution in [3.8, 4) is 11.5 Å². The molecule has 4 aromatic rings. The summed E-state index contributed by atoms with van der Waals surface area (Å²) in [4.78, 5) is 7.68. The molecule has 2 aliphatic rings. The van der Waals surface area contributed by atoms with Crippen molar-refractivity contribution in [3.05, 3.63) is 116 Å². The number of ether oxygens (including phenoxy) is 2. The number of anilines is 1. The number of benzene rings is 4. The van der Waals surface area contributed by atoms with Crippen molar-refractivity contribution in [1.29, 1.82) is 0 Å². The molecule has 6 rings (SSSR count). The van der Waals surface area contributed by atoms with Crippen molar-refractivity contribution in [2.75, 3.05) is 31.2 Å². The highest BCUT2D eigenvalue weighted by atomic mass is 127. The van der Waals surface area contributed by atoms with E-state index in [2.05, 4.69) is 106 Å². The summed E-state index contributed by atoms with van der Waals surface area (Å²) in [6.45, 7) is 7.36. The van der Waals surface area contributed by atoms with Crippen LogP contribution in [0.15, 0.2) is 89.9 Å². The minimum absolute atomic E-state index is 0.367. The fourth-order valence-electron chi connectivity index (χ4n) is 6.27. The maximum atomic E-state index is 5.92. The lowest BCUT2D eigenvalue weighted by Crippen LogP contribution is -2.37. The standard InChI is InChI=1S/C35H35IN2O2/c1-3-39-33-20-24(19-32(36)35(33)40-4-2)23-37-27-21-30-28(25-11-7-5-8-12-25)15-17-38-18-16-29(31(22-27)34(30)38)26-13-9-6-10-14-26/h5-14,19-23,28-29H,3-4,15-18H2,1-2H3/t28-,29-/m1/s1. The molecule has 0 aromatic heterocycles. The van der Waals surface area contributed by atoms with Crippen LogP contribution < -0.4 is 14.4 Å². The van der Waals surface area contributed by atoms with E-state index in [4.69, 9.17) is 14.5 Å². The highest BCUT2D eigenvalue weighted by molar-refractivity contribution is 14.1. The Bertz CT molecular complexity index is 1430. The van der Waals surface area contributed by atoms with Gasteiger partial charge in [-0.2, -0.15) is 0 Å². The molecule has 0 radical (unpaired) electrons. The summed E-state index contributed by atoms with van der Waals surface area (Å²) in [5, 5.41) is 0. The lowest BCUT2D eigenvalue weighted by atomic mass is 9.76. The minimum atomic E-state index is 0.367. The van der Waals surface area contributed by atoms with E-state index in [1.54, 1.807) is 0 Å². The molecule has 2 heterocycles. The van der Waals surface area contributed by atoms with Gasteiger partial charge in [-0.3, -0.25) is 4.99 Å². The number of hydrogen-bond acceptors (Lipinski definition) is 4. The lowest BCUT2D eigenvalue weighted by Gasteiger charge is -2.43. The first kappa shape index (κ1) is 26.9. The highest BCUT2D eigenvalue weighted by Crippen LogP contribution is 2.50. The summed E-state index contributed by atoms with van der Waals surface area (Å²) < 4.78 is 12.8. The van der Waals surface area contributed by atoms with Gasteiger partial charge in [-0.25, -0.2) is 0 Å². The second kappa shape index (κ2) is 12.0. The first-order chi connectivity index (χ1) is 19.7. The van der Waals surface area contributed by atoms with Gasteiger partial charge < -0.3 is 14.4 Å². The van der Waals surface area contributed by atoms with Crippen LogP contribution >= 0.6 is 22.6 Å². The predicted molar refractivity (Wildman–Crippen MR) is 173 cm³/mol. The van der Waals surface area contributed by atoms with Crippen LogP contribution in [0.2, 0.25) is 0 Å². The predicted octanol–water partition coefficient (Wildman–Crippen LogP) is 8.72. The van der Waals surface area contributed by atoms with Crippen LogP contribution in [-0.2, 0) is 0 Å². The Balaban J connectivity index is 1.46. The van der Waals surface area contributed by atoms with Crippen LogP contribution in [0.3, 0.4) is 0 Å². The van der Waals surface area contributed by atoms with Crippen LogP contribution in [-0.4, -0.2) is 32.5 Å². The average Bonchev–Trinajstić information content (AvgIpc) is 2.99. The van der Waals surface area contributed by atoms with E-state index in [1.807, 2.05) is 26.1 Å². The molecule has 2 aliphatic heterocycles. The van der Waals surface area contributed by atoms with Gasteiger partial charge in [-0.1, -0.05) is 60.7 Å². The van der Waals surface area contributed by atoms with Crippen molar-refractivity contribution >= 4 is 40.2 Å². The Hall–Kier alpha value is -3.32. The lowest BCUT2D eigenvalue weighted by molar-refractivity contribution is 0.286. The summed E-state index contributed by atoms with van der Waals surface area (Å²) >= 11 is 2.32. The quantitative estimate of drug-likeness (QED) is 0.143. The van der Waals surface area contributed by atoms with Crippen LogP contribution in [0.4, 0.5) is 11.4 Å².